The molecule has 0 bridgehead atoms. The van der Waals surface area contributed by atoms with Crippen LogP contribution in [0.2, 0.25) is 0 Å². The van der Waals surface area contributed by atoms with Crippen molar-refractivity contribution in [2.24, 2.45) is 5.73 Å². The van der Waals surface area contributed by atoms with E-state index < -0.39 is 5.91 Å². The Morgan fingerprint density at radius 2 is 2.42 bits per heavy atom. The predicted molar refractivity (Wildman–Crippen MR) is 41.5 cm³/mol. The molecule has 0 saturated carbocycles. The van der Waals surface area contributed by atoms with Gasteiger partial charge in [0, 0.05) is 6.20 Å². The lowest BCUT2D eigenvalue weighted by molar-refractivity contribution is 0.100. The minimum Gasteiger partial charge on any atom is -0.366 e. The van der Waals surface area contributed by atoms with Crippen LogP contribution >= 0.6 is 0 Å². The van der Waals surface area contributed by atoms with Gasteiger partial charge in [-0.2, -0.15) is 5.10 Å². The first-order valence-electron chi connectivity index (χ1n) is 3.36. The zero-order valence-corrected chi connectivity index (χ0v) is 6.14. The Balaban J connectivity index is 2.79. The molecule has 0 saturated heterocycles. The quantitative estimate of drug-likeness (QED) is 0.632. The fourth-order valence-corrected chi connectivity index (χ4v) is 1.06. The largest absolute Gasteiger partial charge is 0.366 e. The molecule has 12 heavy (non-hydrogen) atoms. The summed E-state index contributed by atoms with van der Waals surface area (Å²) in [5, 5.41) is 3.88. The fraction of sp³-hybridized carbons (Fsp3) is 0. The molecule has 0 aliphatic heterocycles. The Labute approximate surface area is 67.8 Å². The standard InChI is InChI=1S/C7H6N4O/c8-7(12)5-1-2-11-6(5)3-9-4-10-11/h1-4H,(H2,8,12). The lowest BCUT2D eigenvalue weighted by Crippen LogP contribution is -2.10. The molecular formula is C7H6N4O. The van der Waals surface area contributed by atoms with E-state index in [-0.39, 0.29) is 0 Å². The number of fused-ring (bicyclic) bond motifs is 1. The summed E-state index contributed by atoms with van der Waals surface area (Å²) < 4.78 is 1.55. The number of hydrogen-bond acceptors (Lipinski definition) is 3. The molecule has 0 atom stereocenters. The number of nitrogens with zero attached hydrogens (tertiary/aromatic N) is 3. The Morgan fingerprint density at radius 3 is 3.17 bits per heavy atom. The number of primary amides is 1. The van der Waals surface area contributed by atoms with Crippen LogP contribution in [0.5, 0.6) is 0 Å². The summed E-state index contributed by atoms with van der Waals surface area (Å²) in [6, 6.07) is 1.62. The molecule has 0 aromatic carbocycles. The summed E-state index contributed by atoms with van der Waals surface area (Å²) in [4.78, 5) is 14.6. The van der Waals surface area contributed by atoms with Crippen molar-refractivity contribution in [3.8, 4) is 0 Å². The first-order valence-corrected chi connectivity index (χ1v) is 3.36. The van der Waals surface area contributed by atoms with Crippen LogP contribution in [-0.4, -0.2) is 20.5 Å². The number of carbonyl (C=O) groups is 1. The van der Waals surface area contributed by atoms with Crippen LogP contribution in [0.15, 0.2) is 24.8 Å². The third kappa shape index (κ3) is 0.833. The average molecular weight is 162 g/mol. The van der Waals surface area contributed by atoms with Crippen LogP contribution in [-0.2, 0) is 0 Å². The molecule has 2 N–H and O–H groups in total. The molecule has 2 heterocycles. The molecule has 0 aliphatic rings. The second-order valence-electron chi connectivity index (χ2n) is 2.33. The van der Waals surface area contributed by atoms with Gasteiger partial charge in [-0.05, 0) is 6.07 Å². The van der Waals surface area contributed by atoms with Gasteiger partial charge in [0.05, 0.1) is 17.3 Å². The van der Waals surface area contributed by atoms with Gasteiger partial charge in [0.25, 0.3) is 5.91 Å². The number of amides is 1. The summed E-state index contributed by atoms with van der Waals surface area (Å²) >= 11 is 0. The molecule has 0 unspecified atom stereocenters. The summed E-state index contributed by atoms with van der Waals surface area (Å²) in [6.07, 6.45) is 4.61. The molecule has 0 spiro atoms. The Morgan fingerprint density at radius 1 is 1.58 bits per heavy atom. The second kappa shape index (κ2) is 2.30. The van der Waals surface area contributed by atoms with E-state index in [1.54, 1.807) is 23.0 Å². The molecule has 2 aromatic rings. The van der Waals surface area contributed by atoms with Gasteiger partial charge >= 0.3 is 0 Å². The molecule has 5 heteroatoms. The summed E-state index contributed by atoms with van der Waals surface area (Å²) in [5.41, 5.74) is 6.19. The van der Waals surface area contributed by atoms with Gasteiger partial charge in [-0.3, -0.25) is 4.79 Å². The highest BCUT2D eigenvalue weighted by atomic mass is 16.1. The van der Waals surface area contributed by atoms with Crippen molar-refractivity contribution < 1.29 is 4.79 Å². The number of aromatic nitrogens is 3. The van der Waals surface area contributed by atoms with E-state index in [1.165, 1.54) is 6.33 Å². The van der Waals surface area contributed by atoms with E-state index in [9.17, 15) is 4.79 Å². The third-order valence-electron chi connectivity index (χ3n) is 1.61. The molecule has 0 radical (unpaired) electrons. The predicted octanol–water partition coefficient (Wildman–Crippen LogP) is -0.172. The van der Waals surface area contributed by atoms with Crippen molar-refractivity contribution in [1.82, 2.24) is 14.6 Å². The van der Waals surface area contributed by atoms with E-state index in [2.05, 4.69) is 10.1 Å². The summed E-state index contributed by atoms with van der Waals surface area (Å²) in [5.74, 6) is -0.465. The van der Waals surface area contributed by atoms with E-state index >= 15 is 0 Å². The number of nitrogens with two attached hydrogens (primary N) is 1. The van der Waals surface area contributed by atoms with Crippen molar-refractivity contribution in [1.29, 1.82) is 0 Å². The van der Waals surface area contributed by atoms with Gasteiger partial charge in [-0.15, -0.1) is 0 Å². The Kier molecular flexibility index (Phi) is 1.30. The lowest BCUT2D eigenvalue weighted by Gasteiger charge is -1.92. The monoisotopic (exact) mass is 162 g/mol. The maximum absolute atomic E-state index is 10.8. The van der Waals surface area contributed by atoms with Gasteiger partial charge in [0.2, 0.25) is 0 Å². The first kappa shape index (κ1) is 6.78. The number of hydrogen-bond donors (Lipinski definition) is 1. The van der Waals surface area contributed by atoms with Crippen LogP contribution < -0.4 is 5.73 Å². The minimum atomic E-state index is -0.465. The minimum absolute atomic E-state index is 0.440. The van der Waals surface area contributed by atoms with Crippen LogP contribution in [0.3, 0.4) is 0 Å². The Bertz CT molecular complexity index is 434. The zero-order valence-electron chi connectivity index (χ0n) is 6.14. The second-order valence-corrected chi connectivity index (χ2v) is 2.33. The van der Waals surface area contributed by atoms with Crippen molar-refractivity contribution in [2.75, 3.05) is 0 Å². The topological polar surface area (TPSA) is 73.3 Å². The highest BCUT2D eigenvalue weighted by Crippen LogP contribution is 2.07. The van der Waals surface area contributed by atoms with Crippen LogP contribution in [0.1, 0.15) is 10.4 Å². The maximum atomic E-state index is 10.8. The highest BCUT2D eigenvalue weighted by molar-refractivity contribution is 5.99. The van der Waals surface area contributed by atoms with Crippen molar-refractivity contribution >= 4 is 11.4 Å². The molecular weight excluding hydrogens is 156 g/mol. The highest BCUT2D eigenvalue weighted by Gasteiger charge is 2.06. The molecule has 0 aliphatic carbocycles. The molecule has 2 aromatic heterocycles. The van der Waals surface area contributed by atoms with Crippen LogP contribution in [0, 0.1) is 0 Å². The van der Waals surface area contributed by atoms with Crippen molar-refractivity contribution in [3.05, 3.63) is 30.4 Å². The van der Waals surface area contributed by atoms with Gasteiger partial charge < -0.3 is 5.73 Å². The molecule has 1 amide bonds. The molecule has 0 fully saturated rings. The van der Waals surface area contributed by atoms with Gasteiger partial charge in [0.15, 0.2) is 0 Å². The van der Waals surface area contributed by atoms with E-state index in [0.29, 0.717) is 11.1 Å². The van der Waals surface area contributed by atoms with Gasteiger partial charge in [-0.25, -0.2) is 9.50 Å². The van der Waals surface area contributed by atoms with Crippen molar-refractivity contribution in [2.45, 2.75) is 0 Å². The summed E-state index contributed by atoms with van der Waals surface area (Å²) in [6.45, 7) is 0. The Hall–Kier alpha value is -1.91. The van der Waals surface area contributed by atoms with E-state index in [0.717, 1.165) is 0 Å². The molecule has 2 rings (SSSR count). The normalized spacial score (nSPS) is 10.3. The third-order valence-corrected chi connectivity index (χ3v) is 1.61. The number of rotatable bonds is 1. The SMILES string of the molecule is NC(=O)c1ccn2ncncc12. The van der Waals surface area contributed by atoms with E-state index in [4.69, 9.17) is 5.73 Å². The number of carbonyl (C=O) groups excluding carboxylic acids is 1. The van der Waals surface area contributed by atoms with Crippen LogP contribution in [0.25, 0.3) is 5.52 Å². The fourth-order valence-electron chi connectivity index (χ4n) is 1.06. The van der Waals surface area contributed by atoms with E-state index in [1.807, 2.05) is 0 Å². The van der Waals surface area contributed by atoms with Gasteiger partial charge in [0.1, 0.15) is 6.33 Å². The molecule has 60 valence electrons. The summed E-state index contributed by atoms with van der Waals surface area (Å²) in [7, 11) is 0. The van der Waals surface area contributed by atoms with Gasteiger partial charge in [-0.1, -0.05) is 0 Å². The first-order chi connectivity index (χ1) is 5.79. The maximum Gasteiger partial charge on any atom is 0.251 e. The average Bonchev–Trinajstić information content (AvgIpc) is 2.47. The zero-order chi connectivity index (χ0) is 8.55. The lowest BCUT2D eigenvalue weighted by atomic mass is 10.3. The molecule has 5 nitrogen and oxygen atoms in total. The smallest absolute Gasteiger partial charge is 0.251 e. The van der Waals surface area contributed by atoms with Crippen LogP contribution in [0.4, 0.5) is 0 Å². The van der Waals surface area contributed by atoms with Crippen molar-refractivity contribution in [3.63, 3.8) is 0 Å².